The van der Waals surface area contributed by atoms with Gasteiger partial charge in [-0.25, -0.2) is 0 Å². The summed E-state index contributed by atoms with van der Waals surface area (Å²) in [7, 11) is 1.83. The maximum absolute atomic E-state index is 5.36. The fraction of sp³-hybridized carbons (Fsp3) is 0.154. The largest absolute Gasteiger partial charge is 0.363 e. The van der Waals surface area contributed by atoms with Gasteiger partial charge in [-0.15, -0.1) is 10.2 Å². The third kappa shape index (κ3) is 3.00. The molecular weight excluding hydrogens is 292 g/mol. The first-order chi connectivity index (χ1) is 9.85. The van der Waals surface area contributed by atoms with Crippen LogP contribution in [0.4, 0.5) is 5.13 Å². The molecule has 0 bridgehead atoms. The van der Waals surface area contributed by atoms with Gasteiger partial charge in [0.05, 0.1) is 5.69 Å². The van der Waals surface area contributed by atoms with Crippen molar-refractivity contribution in [2.24, 2.45) is 0 Å². The van der Waals surface area contributed by atoms with Gasteiger partial charge in [-0.3, -0.25) is 0 Å². The van der Waals surface area contributed by atoms with Gasteiger partial charge in [0, 0.05) is 24.4 Å². The normalized spacial score (nSPS) is 10.7. The quantitative estimate of drug-likeness (QED) is 0.728. The maximum atomic E-state index is 5.36. The Morgan fingerprint density at radius 2 is 2.10 bits per heavy atom. The number of nitrogens with zero attached hydrogens (tertiary/aromatic N) is 3. The number of rotatable bonds is 5. The smallest absolute Gasteiger partial charge is 0.206 e. The number of anilines is 1. The summed E-state index contributed by atoms with van der Waals surface area (Å²) >= 11 is 3.13. The van der Waals surface area contributed by atoms with Crippen molar-refractivity contribution in [1.29, 1.82) is 0 Å². The van der Waals surface area contributed by atoms with E-state index in [4.69, 9.17) is 4.52 Å². The van der Waals surface area contributed by atoms with E-state index < -0.39 is 0 Å². The van der Waals surface area contributed by atoms with E-state index in [-0.39, 0.29) is 0 Å². The second-order valence-electron chi connectivity index (χ2n) is 3.96. The average molecular weight is 304 g/mol. The molecule has 102 valence electrons. The Balaban J connectivity index is 1.65. The molecule has 7 heteroatoms. The Hall–Kier alpha value is -1.86. The second kappa shape index (κ2) is 6.06. The van der Waals surface area contributed by atoms with E-state index >= 15 is 0 Å². The fourth-order valence-corrected chi connectivity index (χ4v) is 3.21. The SMILES string of the molecule is CNc1nnc(SCc2cc(-c3ccccc3)on2)s1. The van der Waals surface area contributed by atoms with E-state index in [2.05, 4.69) is 20.7 Å². The van der Waals surface area contributed by atoms with Crippen LogP contribution in [0.25, 0.3) is 11.3 Å². The predicted molar refractivity (Wildman–Crippen MR) is 81.0 cm³/mol. The van der Waals surface area contributed by atoms with Gasteiger partial charge in [0.25, 0.3) is 0 Å². The molecule has 0 aliphatic heterocycles. The van der Waals surface area contributed by atoms with Crippen LogP contribution in [0.3, 0.4) is 0 Å². The molecule has 0 saturated heterocycles. The summed E-state index contributed by atoms with van der Waals surface area (Å²) < 4.78 is 6.27. The molecule has 1 N–H and O–H groups in total. The van der Waals surface area contributed by atoms with Crippen molar-refractivity contribution in [3.8, 4) is 11.3 Å². The molecule has 0 amide bonds. The van der Waals surface area contributed by atoms with Crippen LogP contribution in [0.2, 0.25) is 0 Å². The van der Waals surface area contributed by atoms with Crippen molar-refractivity contribution >= 4 is 28.2 Å². The summed E-state index contributed by atoms with van der Waals surface area (Å²) in [6, 6.07) is 11.9. The highest BCUT2D eigenvalue weighted by atomic mass is 32.2. The van der Waals surface area contributed by atoms with Crippen LogP contribution in [-0.4, -0.2) is 22.4 Å². The summed E-state index contributed by atoms with van der Waals surface area (Å²) in [6.45, 7) is 0. The fourth-order valence-electron chi connectivity index (χ4n) is 1.62. The molecule has 20 heavy (non-hydrogen) atoms. The lowest BCUT2D eigenvalue weighted by atomic mass is 10.2. The molecule has 2 heterocycles. The Labute approximate surface area is 124 Å². The first-order valence-electron chi connectivity index (χ1n) is 6.00. The highest BCUT2D eigenvalue weighted by molar-refractivity contribution is 8.00. The van der Waals surface area contributed by atoms with E-state index in [1.165, 1.54) is 11.3 Å². The topological polar surface area (TPSA) is 63.8 Å². The molecule has 0 aliphatic rings. The molecule has 5 nitrogen and oxygen atoms in total. The molecule has 2 aromatic heterocycles. The second-order valence-corrected chi connectivity index (χ2v) is 6.16. The molecule has 0 radical (unpaired) electrons. The molecule has 0 unspecified atom stereocenters. The van der Waals surface area contributed by atoms with Gasteiger partial charge >= 0.3 is 0 Å². The van der Waals surface area contributed by atoms with E-state index in [1.54, 1.807) is 11.8 Å². The van der Waals surface area contributed by atoms with E-state index in [0.717, 1.165) is 26.5 Å². The Bertz CT molecular complexity index is 681. The van der Waals surface area contributed by atoms with Gasteiger partial charge in [0.2, 0.25) is 5.13 Å². The van der Waals surface area contributed by atoms with E-state index in [0.29, 0.717) is 5.75 Å². The molecule has 0 aliphatic carbocycles. The van der Waals surface area contributed by atoms with Gasteiger partial charge in [-0.05, 0) is 0 Å². The molecule has 0 fully saturated rings. The number of nitrogens with one attached hydrogen (secondary N) is 1. The minimum Gasteiger partial charge on any atom is -0.363 e. The van der Waals surface area contributed by atoms with Gasteiger partial charge < -0.3 is 9.84 Å². The molecule has 3 aromatic rings. The number of aromatic nitrogens is 3. The van der Waals surface area contributed by atoms with Crippen LogP contribution in [0.5, 0.6) is 0 Å². The average Bonchev–Trinajstić information content (AvgIpc) is 3.15. The molecule has 0 saturated carbocycles. The third-order valence-corrected chi connectivity index (χ3v) is 4.69. The van der Waals surface area contributed by atoms with Crippen molar-refractivity contribution < 1.29 is 4.52 Å². The van der Waals surface area contributed by atoms with E-state index in [9.17, 15) is 0 Å². The Morgan fingerprint density at radius 1 is 1.25 bits per heavy atom. The first-order valence-corrected chi connectivity index (χ1v) is 7.80. The monoisotopic (exact) mass is 304 g/mol. The van der Waals surface area contributed by atoms with E-state index in [1.807, 2.05) is 43.4 Å². The molecule has 0 spiro atoms. The first kappa shape index (κ1) is 13.1. The number of benzene rings is 1. The molecule has 0 atom stereocenters. The minimum absolute atomic E-state index is 0.717. The summed E-state index contributed by atoms with van der Waals surface area (Å²) in [6.07, 6.45) is 0. The summed E-state index contributed by atoms with van der Waals surface area (Å²) in [5, 5.41) is 15.9. The van der Waals surface area contributed by atoms with Crippen LogP contribution in [0.1, 0.15) is 5.69 Å². The number of hydrogen-bond donors (Lipinski definition) is 1. The minimum atomic E-state index is 0.717. The predicted octanol–water partition coefficient (Wildman–Crippen LogP) is 3.53. The van der Waals surface area contributed by atoms with Crippen LogP contribution in [0, 0.1) is 0 Å². The van der Waals surface area contributed by atoms with Crippen molar-refractivity contribution in [1.82, 2.24) is 15.4 Å². The highest BCUT2D eigenvalue weighted by Crippen LogP contribution is 2.29. The zero-order chi connectivity index (χ0) is 13.8. The Kier molecular flexibility index (Phi) is 3.98. The molecule has 1 aromatic carbocycles. The number of thioether (sulfide) groups is 1. The van der Waals surface area contributed by atoms with Crippen molar-refractivity contribution in [3.63, 3.8) is 0 Å². The van der Waals surface area contributed by atoms with Crippen molar-refractivity contribution in [3.05, 3.63) is 42.1 Å². The molecular formula is C13H12N4OS2. The summed E-state index contributed by atoms with van der Waals surface area (Å²) in [4.78, 5) is 0. The lowest BCUT2D eigenvalue weighted by Gasteiger charge is -1.92. The van der Waals surface area contributed by atoms with Gasteiger partial charge in [-0.2, -0.15) is 0 Å². The van der Waals surface area contributed by atoms with Crippen LogP contribution < -0.4 is 5.32 Å². The van der Waals surface area contributed by atoms with Crippen LogP contribution >= 0.6 is 23.1 Å². The summed E-state index contributed by atoms with van der Waals surface area (Å²) in [5.74, 6) is 1.50. The summed E-state index contributed by atoms with van der Waals surface area (Å²) in [5.41, 5.74) is 1.93. The van der Waals surface area contributed by atoms with Crippen LogP contribution in [0.15, 0.2) is 45.3 Å². The van der Waals surface area contributed by atoms with Crippen molar-refractivity contribution in [2.45, 2.75) is 10.1 Å². The highest BCUT2D eigenvalue weighted by Gasteiger charge is 2.09. The Morgan fingerprint density at radius 3 is 2.85 bits per heavy atom. The van der Waals surface area contributed by atoms with Crippen LogP contribution in [-0.2, 0) is 5.75 Å². The lowest BCUT2D eigenvalue weighted by molar-refractivity contribution is 0.426. The zero-order valence-corrected chi connectivity index (χ0v) is 12.4. The number of hydrogen-bond acceptors (Lipinski definition) is 7. The maximum Gasteiger partial charge on any atom is 0.206 e. The van der Waals surface area contributed by atoms with Gasteiger partial charge in [-0.1, -0.05) is 58.6 Å². The standard InChI is InChI=1S/C13H12N4OS2/c1-14-12-15-16-13(20-12)19-8-10-7-11(18-17-10)9-5-3-2-4-6-9/h2-7H,8H2,1H3,(H,14,15). The molecule has 3 rings (SSSR count). The third-order valence-electron chi connectivity index (χ3n) is 2.58. The lowest BCUT2D eigenvalue weighted by Crippen LogP contribution is -1.84. The van der Waals surface area contributed by atoms with Crippen molar-refractivity contribution in [2.75, 3.05) is 12.4 Å². The zero-order valence-electron chi connectivity index (χ0n) is 10.7. The van der Waals surface area contributed by atoms with Gasteiger partial charge in [0.1, 0.15) is 0 Å². The van der Waals surface area contributed by atoms with Gasteiger partial charge in [0.15, 0.2) is 10.1 Å².